The van der Waals surface area contributed by atoms with Crippen molar-refractivity contribution in [2.24, 2.45) is 0 Å². The van der Waals surface area contributed by atoms with E-state index < -0.39 is 5.82 Å². The monoisotopic (exact) mass is 483 g/mol. The summed E-state index contributed by atoms with van der Waals surface area (Å²) in [5.74, 6) is 5.32. The van der Waals surface area contributed by atoms with Crippen molar-refractivity contribution < 1.29 is 13.9 Å². The first-order chi connectivity index (χ1) is 17.4. The van der Waals surface area contributed by atoms with Gasteiger partial charge in [-0.3, -0.25) is 9.59 Å². The number of amides is 1. The van der Waals surface area contributed by atoms with E-state index in [1.54, 1.807) is 62.1 Å². The normalized spacial score (nSPS) is 15.1. The quantitative estimate of drug-likeness (QED) is 0.340. The van der Waals surface area contributed by atoms with Gasteiger partial charge < -0.3 is 19.9 Å². The van der Waals surface area contributed by atoms with E-state index in [1.165, 1.54) is 0 Å². The van der Waals surface area contributed by atoms with Gasteiger partial charge in [-0.25, -0.2) is 9.49 Å². The van der Waals surface area contributed by atoms with E-state index in [2.05, 4.69) is 22.0 Å². The van der Waals surface area contributed by atoms with Crippen LogP contribution in [0.25, 0.3) is 16.6 Å². The molecule has 0 bridgehead atoms. The predicted molar refractivity (Wildman–Crippen MR) is 138 cm³/mol. The lowest BCUT2D eigenvalue weighted by Gasteiger charge is -2.12. The van der Waals surface area contributed by atoms with Crippen LogP contribution in [0.1, 0.15) is 24.8 Å². The van der Waals surface area contributed by atoms with E-state index in [0.717, 1.165) is 11.3 Å². The van der Waals surface area contributed by atoms with Gasteiger partial charge in [0.15, 0.2) is 17.4 Å². The Kier molecular flexibility index (Phi) is 5.98. The number of benzene rings is 2. The molecule has 0 radical (unpaired) electrons. The van der Waals surface area contributed by atoms with Gasteiger partial charge in [-0.2, -0.15) is 5.10 Å². The van der Waals surface area contributed by atoms with Crippen LogP contribution < -0.4 is 21.5 Å². The molecule has 36 heavy (non-hydrogen) atoms. The SMILES string of the molecule is Bc1cccc(Oc2ccc(-n3cc([C@@H]4CCN(C(=O)C#CC)C4)c4c(=O)[nH]nc(N)c43)cc2)c1F. The lowest BCUT2D eigenvalue weighted by atomic mass is 9.95. The Morgan fingerprint density at radius 1 is 1.28 bits per heavy atom. The minimum absolute atomic E-state index is 0.0499. The van der Waals surface area contributed by atoms with Crippen LogP contribution in [-0.4, -0.2) is 46.5 Å². The lowest BCUT2D eigenvalue weighted by Crippen LogP contribution is -2.27. The molecule has 8 nitrogen and oxygen atoms in total. The third kappa shape index (κ3) is 4.09. The number of anilines is 1. The third-order valence-electron chi connectivity index (χ3n) is 6.43. The molecule has 0 saturated carbocycles. The zero-order valence-electron chi connectivity index (χ0n) is 19.8. The first-order valence-corrected chi connectivity index (χ1v) is 11.5. The number of hydrogen-bond donors (Lipinski definition) is 2. The predicted octanol–water partition coefficient (Wildman–Crippen LogP) is 1.82. The number of aromatic nitrogens is 3. The largest absolute Gasteiger partial charge is 0.454 e. The number of ether oxygens (including phenoxy) is 1. The average Bonchev–Trinajstić information content (AvgIpc) is 3.51. The molecule has 2 aromatic carbocycles. The molecular weight excluding hydrogens is 460 g/mol. The molecule has 180 valence electrons. The van der Waals surface area contributed by atoms with Crippen molar-refractivity contribution >= 4 is 35.9 Å². The smallest absolute Gasteiger partial charge is 0.298 e. The van der Waals surface area contributed by atoms with Crippen molar-refractivity contribution in [1.29, 1.82) is 0 Å². The minimum atomic E-state index is -0.408. The Bertz CT molecular complexity index is 1600. The van der Waals surface area contributed by atoms with Crippen molar-refractivity contribution in [2.75, 3.05) is 18.8 Å². The number of halogens is 1. The zero-order valence-corrected chi connectivity index (χ0v) is 19.8. The molecule has 1 fully saturated rings. The van der Waals surface area contributed by atoms with Crippen LogP contribution in [0.5, 0.6) is 11.5 Å². The molecule has 0 aliphatic carbocycles. The van der Waals surface area contributed by atoms with E-state index in [9.17, 15) is 14.0 Å². The van der Waals surface area contributed by atoms with E-state index in [0.29, 0.717) is 41.6 Å². The van der Waals surface area contributed by atoms with Gasteiger partial charge in [0.25, 0.3) is 11.5 Å². The molecule has 3 N–H and O–H groups in total. The Morgan fingerprint density at radius 2 is 2.06 bits per heavy atom. The second kappa shape index (κ2) is 9.26. The summed E-state index contributed by atoms with van der Waals surface area (Å²) < 4.78 is 21.9. The molecule has 1 amide bonds. The fraction of sp³-hybridized carbons (Fsp3) is 0.192. The van der Waals surface area contributed by atoms with Crippen LogP contribution in [0.2, 0.25) is 0 Å². The van der Waals surface area contributed by atoms with Gasteiger partial charge in [0.2, 0.25) is 0 Å². The summed E-state index contributed by atoms with van der Waals surface area (Å²) in [4.78, 5) is 26.8. The van der Waals surface area contributed by atoms with Crippen LogP contribution in [-0.2, 0) is 4.79 Å². The highest BCUT2D eigenvalue weighted by molar-refractivity contribution is 6.32. The molecular formula is C26H23BFN5O3. The molecule has 3 heterocycles. The number of nitrogens with one attached hydrogen (secondary N) is 1. The first kappa shape index (κ1) is 23.2. The fourth-order valence-corrected chi connectivity index (χ4v) is 4.63. The maximum atomic E-state index is 14.3. The van der Waals surface area contributed by atoms with Crippen LogP contribution in [0.3, 0.4) is 0 Å². The summed E-state index contributed by atoms with van der Waals surface area (Å²) in [5.41, 5.74) is 8.37. The highest BCUT2D eigenvalue weighted by Crippen LogP contribution is 2.35. The maximum absolute atomic E-state index is 14.3. The number of H-pyrrole nitrogens is 1. The second-order valence-electron chi connectivity index (χ2n) is 8.71. The minimum Gasteiger partial charge on any atom is -0.454 e. The van der Waals surface area contributed by atoms with Crippen LogP contribution in [0.15, 0.2) is 53.5 Å². The highest BCUT2D eigenvalue weighted by atomic mass is 19.1. The Morgan fingerprint density at radius 3 is 2.81 bits per heavy atom. The summed E-state index contributed by atoms with van der Waals surface area (Å²) in [7, 11) is 1.68. The van der Waals surface area contributed by atoms with Crippen molar-refractivity contribution in [1.82, 2.24) is 19.7 Å². The van der Waals surface area contributed by atoms with Gasteiger partial charge in [0.1, 0.15) is 19.1 Å². The average molecular weight is 483 g/mol. The number of hydrogen-bond acceptors (Lipinski definition) is 5. The molecule has 5 rings (SSSR count). The zero-order chi connectivity index (χ0) is 25.4. The number of rotatable bonds is 4. The number of carbonyl (C=O) groups is 1. The highest BCUT2D eigenvalue weighted by Gasteiger charge is 2.30. The molecule has 10 heteroatoms. The van der Waals surface area contributed by atoms with Crippen molar-refractivity contribution in [2.45, 2.75) is 19.3 Å². The van der Waals surface area contributed by atoms with Crippen LogP contribution in [0.4, 0.5) is 10.2 Å². The fourth-order valence-electron chi connectivity index (χ4n) is 4.63. The topological polar surface area (TPSA) is 106 Å². The maximum Gasteiger partial charge on any atom is 0.298 e. The van der Waals surface area contributed by atoms with Gasteiger partial charge in [-0.15, -0.1) is 0 Å². The van der Waals surface area contributed by atoms with E-state index in [-0.39, 0.29) is 29.0 Å². The number of aromatic amines is 1. The van der Waals surface area contributed by atoms with E-state index in [1.807, 2.05) is 10.8 Å². The molecule has 0 spiro atoms. The standard InChI is InChI=1S/C26H23BFN5O3/c1-2-4-21(34)32-12-11-15(13-32)18-14-33(24-22(18)26(35)31-30-25(24)29)16-7-9-17(10-8-16)36-20-6-3-5-19(27)23(20)28/h3,5-10,14-15H,11-13,27H2,1H3,(H2,29,30)(H,31,35)/t15-/m1/s1. The van der Waals surface area contributed by atoms with E-state index in [4.69, 9.17) is 10.5 Å². The number of fused-ring (bicyclic) bond motifs is 1. The number of nitrogens with zero attached hydrogens (tertiary/aromatic N) is 3. The summed E-state index contributed by atoms with van der Waals surface area (Å²) >= 11 is 0. The number of nitrogen functional groups attached to an aromatic ring is 1. The van der Waals surface area contributed by atoms with Gasteiger partial charge in [0, 0.05) is 30.9 Å². The van der Waals surface area contributed by atoms with Gasteiger partial charge >= 0.3 is 0 Å². The summed E-state index contributed by atoms with van der Waals surface area (Å²) in [6, 6.07) is 12.0. The Balaban J connectivity index is 1.52. The third-order valence-corrected chi connectivity index (χ3v) is 6.43. The Hall–Kier alpha value is -4.52. The number of carbonyl (C=O) groups excluding carboxylic acids is 1. The van der Waals surface area contributed by atoms with E-state index >= 15 is 0 Å². The van der Waals surface area contributed by atoms with Crippen molar-refractivity contribution in [3.05, 3.63) is 70.4 Å². The molecule has 2 aromatic heterocycles. The van der Waals surface area contributed by atoms with Gasteiger partial charge in [-0.1, -0.05) is 23.5 Å². The molecule has 1 aliphatic heterocycles. The number of nitrogens with two attached hydrogens (primary N) is 1. The first-order valence-electron chi connectivity index (χ1n) is 11.5. The second-order valence-corrected chi connectivity index (χ2v) is 8.71. The van der Waals surface area contributed by atoms with Gasteiger partial charge in [-0.05, 0) is 55.2 Å². The summed E-state index contributed by atoms with van der Waals surface area (Å²) in [6.07, 6.45) is 2.57. The molecule has 0 unspecified atom stereocenters. The lowest BCUT2D eigenvalue weighted by molar-refractivity contribution is -0.124. The molecule has 1 aliphatic rings. The number of likely N-dealkylation sites (tertiary alicyclic amines) is 1. The summed E-state index contributed by atoms with van der Waals surface area (Å²) in [5, 5.41) is 6.88. The molecule has 1 saturated heterocycles. The Labute approximate surface area is 207 Å². The van der Waals surface area contributed by atoms with Crippen molar-refractivity contribution in [3.63, 3.8) is 0 Å². The van der Waals surface area contributed by atoms with Gasteiger partial charge in [0.05, 0.1) is 5.39 Å². The van der Waals surface area contributed by atoms with Crippen LogP contribution in [0, 0.1) is 17.7 Å². The van der Waals surface area contributed by atoms with Crippen molar-refractivity contribution in [3.8, 4) is 29.0 Å². The molecule has 1 atom stereocenters. The summed E-state index contributed by atoms with van der Waals surface area (Å²) in [6.45, 7) is 2.65. The van der Waals surface area contributed by atoms with Crippen LogP contribution >= 0.6 is 0 Å². The molecule has 4 aromatic rings.